The van der Waals surface area contributed by atoms with Crippen LogP contribution in [0.4, 0.5) is 0 Å². The number of rotatable bonds is 0. The van der Waals surface area contributed by atoms with Gasteiger partial charge in [-0.15, -0.1) is 23.2 Å². The maximum atomic E-state index is 6.37. The fourth-order valence-corrected chi connectivity index (χ4v) is 4.80. The van der Waals surface area contributed by atoms with Crippen molar-refractivity contribution in [1.82, 2.24) is 0 Å². The van der Waals surface area contributed by atoms with Gasteiger partial charge in [-0.25, -0.2) is 0 Å². The number of benzene rings is 1. The van der Waals surface area contributed by atoms with Gasteiger partial charge in [-0.3, -0.25) is 0 Å². The fourth-order valence-electron chi connectivity index (χ4n) is 3.81. The minimum absolute atomic E-state index is 0.150. The third-order valence-corrected chi connectivity index (χ3v) is 5.81. The lowest BCUT2D eigenvalue weighted by molar-refractivity contribution is 0.129. The molecule has 0 heterocycles. The molecule has 4 aliphatic carbocycles. The second-order valence-electron chi connectivity index (χ2n) is 5.11. The summed E-state index contributed by atoms with van der Waals surface area (Å²) in [6.45, 7) is 0. The highest BCUT2D eigenvalue weighted by atomic mass is 35.5. The average Bonchev–Trinajstić information content (AvgIpc) is 2.37. The van der Waals surface area contributed by atoms with E-state index in [2.05, 4.69) is 36.4 Å². The zero-order chi connectivity index (χ0) is 10.9. The SMILES string of the molecule is Cl[C@@H]1[C@H](Cl)[C@H]2[C@H]1[C@@H]1C=C[C@H]2c2ccccc21. The first-order chi connectivity index (χ1) is 7.79. The van der Waals surface area contributed by atoms with Gasteiger partial charge in [0.1, 0.15) is 0 Å². The van der Waals surface area contributed by atoms with Crippen molar-refractivity contribution in [2.75, 3.05) is 0 Å². The maximum Gasteiger partial charge on any atom is 0.0543 e. The topological polar surface area (TPSA) is 0 Å². The van der Waals surface area contributed by atoms with Crippen molar-refractivity contribution in [1.29, 1.82) is 0 Å². The summed E-state index contributed by atoms with van der Waals surface area (Å²) in [6.07, 6.45) is 4.68. The Bertz CT molecular complexity index is 436. The Morgan fingerprint density at radius 1 is 0.750 bits per heavy atom. The molecular formula is C14H12Cl2. The Kier molecular flexibility index (Phi) is 1.82. The Morgan fingerprint density at radius 2 is 1.19 bits per heavy atom. The van der Waals surface area contributed by atoms with Gasteiger partial charge in [0.05, 0.1) is 10.8 Å². The summed E-state index contributed by atoms with van der Waals surface area (Å²) >= 11 is 12.7. The molecule has 0 aromatic heterocycles. The summed E-state index contributed by atoms with van der Waals surface area (Å²) in [4.78, 5) is 0. The predicted molar refractivity (Wildman–Crippen MR) is 67.3 cm³/mol. The molecule has 16 heavy (non-hydrogen) atoms. The second-order valence-corrected chi connectivity index (χ2v) is 6.12. The third kappa shape index (κ3) is 0.942. The summed E-state index contributed by atoms with van der Waals surface area (Å²) in [7, 11) is 0. The summed E-state index contributed by atoms with van der Waals surface area (Å²) in [5.41, 5.74) is 2.95. The molecule has 4 aliphatic rings. The van der Waals surface area contributed by atoms with Crippen LogP contribution in [-0.2, 0) is 0 Å². The maximum absolute atomic E-state index is 6.37. The van der Waals surface area contributed by atoms with Crippen LogP contribution in [-0.4, -0.2) is 10.8 Å². The first-order valence-corrected chi connectivity index (χ1v) is 6.71. The minimum atomic E-state index is 0.150. The molecule has 2 heteroatoms. The molecule has 1 aromatic rings. The van der Waals surface area contributed by atoms with E-state index < -0.39 is 0 Å². The van der Waals surface area contributed by atoms with Crippen LogP contribution in [0.15, 0.2) is 36.4 Å². The van der Waals surface area contributed by atoms with Crippen LogP contribution in [0.2, 0.25) is 0 Å². The van der Waals surface area contributed by atoms with E-state index >= 15 is 0 Å². The molecule has 2 bridgehead atoms. The number of halogens is 2. The highest BCUT2D eigenvalue weighted by Gasteiger charge is 2.59. The van der Waals surface area contributed by atoms with Crippen molar-refractivity contribution < 1.29 is 0 Å². The molecule has 1 saturated carbocycles. The second kappa shape index (κ2) is 3.05. The Morgan fingerprint density at radius 3 is 1.62 bits per heavy atom. The van der Waals surface area contributed by atoms with E-state index in [-0.39, 0.29) is 10.8 Å². The number of alkyl halides is 2. The first kappa shape index (κ1) is 9.56. The standard InChI is InChI=1S/C14H12Cl2/c15-13-11-9-5-6-10(12(11)14(13)16)8-4-2-1-3-7(8)9/h1-6,9-14H/t9-,10+,11-,12-,13+,14-/m1/s1. The van der Waals surface area contributed by atoms with Gasteiger partial charge in [-0.2, -0.15) is 0 Å². The van der Waals surface area contributed by atoms with Crippen molar-refractivity contribution >= 4 is 23.2 Å². The molecule has 0 spiro atoms. The van der Waals surface area contributed by atoms with Crippen molar-refractivity contribution in [3.8, 4) is 0 Å². The van der Waals surface area contributed by atoms with E-state index in [1.54, 1.807) is 0 Å². The smallest absolute Gasteiger partial charge is 0.0543 e. The van der Waals surface area contributed by atoms with E-state index in [4.69, 9.17) is 23.2 Å². The van der Waals surface area contributed by atoms with E-state index in [0.29, 0.717) is 23.7 Å². The first-order valence-electron chi connectivity index (χ1n) is 5.84. The van der Waals surface area contributed by atoms with Crippen LogP contribution >= 0.6 is 23.2 Å². The van der Waals surface area contributed by atoms with Gasteiger partial charge in [0.15, 0.2) is 0 Å². The molecule has 0 nitrogen and oxygen atoms in total. The molecule has 1 aromatic carbocycles. The van der Waals surface area contributed by atoms with E-state index in [0.717, 1.165) is 0 Å². The van der Waals surface area contributed by atoms with E-state index in [9.17, 15) is 0 Å². The van der Waals surface area contributed by atoms with E-state index in [1.165, 1.54) is 11.1 Å². The average molecular weight is 251 g/mol. The van der Waals surface area contributed by atoms with Gasteiger partial charge >= 0.3 is 0 Å². The Balaban J connectivity index is 1.90. The van der Waals surface area contributed by atoms with Gasteiger partial charge in [0, 0.05) is 11.8 Å². The van der Waals surface area contributed by atoms with Gasteiger partial charge in [-0.1, -0.05) is 36.4 Å². The molecule has 6 atom stereocenters. The van der Waals surface area contributed by atoms with Crippen molar-refractivity contribution in [2.24, 2.45) is 11.8 Å². The van der Waals surface area contributed by atoms with Crippen LogP contribution in [0.3, 0.4) is 0 Å². The molecule has 0 unspecified atom stereocenters. The molecule has 0 N–H and O–H groups in total. The van der Waals surface area contributed by atoms with Gasteiger partial charge in [0.25, 0.3) is 0 Å². The number of hydrogen-bond acceptors (Lipinski definition) is 0. The highest BCUT2D eigenvalue weighted by Crippen LogP contribution is 2.63. The van der Waals surface area contributed by atoms with Crippen molar-refractivity contribution in [3.05, 3.63) is 47.5 Å². The molecule has 1 fully saturated rings. The molecule has 0 amide bonds. The molecule has 82 valence electrons. The molecule has 0 aliphatic heterocycles. The Hall–Kier alpha value is -0.460. The zero-order valence-electron chi connectivity index (χ0n) is 8.68. The molecular weight excluding hydrogens is 239 g/mol. The summed E-state index contributed by atoms with van der Waals surface area (Å²) in [5, 5.41) is 0.301. The van der Waals surface area contributed by atoms with Crippen LogP contribution in [0.25, 0.3) is 0 Å². The van der Waals surface area contributed by atoms with Crippen LogP contribution in [0.1, 0.15) is 23.0 Å². The van der Waals surface area contributed by atoms with Gasteiger partial charge < -0.3 is 0 Å². The summed E-state index contributed by atoms with van der Waals surface area (Å²) < 4.78 is 0. The van der Waals surface area contributed by atoms with E-state index in [1.807, 2.05) is 0 Å². The number of allylic oxidation sites excluding steroid dienone is 2. The van der Waals surface area contributed by atoms with Gasteiger partial charge in [-0.05, 0) is 23.0 Å². The van der Waals surface area contributed by atoms with Gasteiger partial charge in [0.2, 0.25) is 0 Å². The third-order valence-electron chi connectivity index (χ3n) is 4.55. The zero-order valence-corrected chi connectivity index (χ0v) is 10.2. The lowest BCUT2D eigenvalue weighted by Gasteiger charge is -2.58. The van der Waals surface area contributed by atoms with Crippen molar-refractivity contribution in [3.63, 3.8) is 0 Å². The summed E-state index contributed by atoms with van der Waals surface area (Å²) in [5.74, 6) is 2.13. The van der Waals surface area contributed by atoms with Crippen LogP contribution in [0.5, 0.6) is 0 Å². The van der Waals surface area contributed by atoms with Crippen molar-refractivity contribution in [2.45, 2.75) is 22.6 Å². The fraction of sp³-hybridized carbons (Fsp3) is 0.429. The lowest BCUT2D eigenvalue weighted by atomic mass is 9.51. The normalized spacial score (nSPS) is 47.1. The minimum Gasteiger partial charge on any atom is -0.121 e. The molecule has 0 radical (unpaired) electrons. The van der Waals surface area contributed by atoms with Crippen LogP contribution in [0, 0.1) is 11.8 Å². The largest absolute Gasteiger partial charge is 0.121 e. The Labute approximate surface area is 105 Å². The quantitative estimate of drug-likeness (QED) is 0.484. The summed E-state index contributed by atoms with van der Waals surface area (Å²) in [6, 6.07) is 8.75. The molecule has 5 rings (SSSR count). The monoisotopic (exact) mass is 250 g/mol. The highest BCUT2D eigenvalue weighted by molar-refractivity contribution is 6.31. The van der Waals surface area contributed by atoms with Crippen LogP contribution < -0.4 is 0 Å². The number of hydrogen-bond donors (Lipinski definition) is 0. The molecule has 0 saturated heterocycles. The predicted octanol–water partition coefficient (Wildman–Crippen LogP) is 3.90. The lowest BCUT2D eigenvalue weighted by Crippen LogP contribution is -2.57.